The number of aryl methyl sites for hydroxylation is 1. The molecule has 0 spiro atoms. The lowest BCUT2D eigenvalue weighted by molar-refractivity contribution is 0.628. The highest BCUT2D eigenvalue weighted by Crippen LogP contribution is 2.34. The fraction of sp³-hybridized carbons (Fsp3) is 0.133. The van der Waals surface area contributed by atoms with Gasteiger partial charge in [-0.25, -0.2) is 9.97 Å². The molecule has 3 aromatic heterocycles. The summed E-state index contributed by atoms with van der Waals surface area (Å²) in [5.74, 6) is 1.40. The van der Waals surface area contributed by atoms with Crippen molar-refractivity contribution in [1.82, 2.24) is 30.2 Å². The van der Waals surface area contributed by atoms with Gasteiger partial charge >= 0.3 is 0 Å². The maximum Gasteiger partial charge on any atom is 0.193 e. The quantitative estimate of drug-likeness (QED) is 0.621. The molecule has 114 valence electrons. The van der Waals surface area contributed by atoms with Crippen LogP contribution >= 0.6 is 11.3 Å². The number of nitrogens with one attached hydrogen (secondary N) is 1. The van der Waals surface area contributed by atoms with E-state index in [9.17, 15) is 0 Å². The zero-order valence-corrected chi connectivity index (χ0v) is 13.2. The zero-order chi connectivity index (χ0) is 15.6. The molecule has 23 heavy (non-hydrogen) atoms. The molecule has 1 aromatic carbocycles. The first kappa shape index (κ1) is 13.8. The molecule has 0 aliphatic rings. The summed E-state index contributed by atoms with van der Waals surface area (Å²) >= 11 is 1.65. The molecule has 0 radical (unpaired) electrons. The lowest BCUT2D eigenvalue weighted by Gasteiger charge is -2.02. The van der Waals surface area contributed by atoms with Gasteiger partial charge in [-0.3, -0.25) is 0 Å². The van der Waals surface area contributed by atoms with Gasteiger partial charge in [-0.15, -0.1) is 21.5 Å². The summed E-state index contributed by atoms with van der Waals surface area (Å²) in [5.41, 5.74) is 1.18. The van der Waals surface area contributed by atoms with Crippen molar-refractivity contribution in [2.75, 3.05) is 5.32 Å². The fourth-order valence-corrected chi connectivity index (χ4v) is 3.30. The van der Waals surface area contributed by atoms with Crippen LogP contribution in [0.25, 0.3) is 20.7 Å². The second-order valence-corrected chi connectivity index (χ2v) is 6.00. The topological polar surface area (TPSA) is 81.4 Å². The van der Waals surface area contributed by atoms with Gasteiger partial charge in [0, 0.05) is 4.88 Å². The summed E-state index contributed by atoms with van der Waals surface area (Å²) in [6.07, 6.45) is 1.57. The SMILES string of the molecule is Cn1nnc(CNc2ncnc3sc(-c4ccccc4)cc23)n1. The Bertz CT molecular complexity index is 945. The van der Waals surface area contributed by atoms with Crippen LogP contribution in [0.15, 0.2) is 42.7 Å². The first-order valence-corrected chi connectivity index (χ1v) is 7.88. The predicted molar refractivity (Wildman–Crippen MR) is 89.0 cm³/mol. The summed E-state index contributed by atoms with van der Waals surface area (Å²) in [7, 11) is 1.74. The first-order chi connectivity index (χ1) is 11.3. The van der Waals surface area contributed by atoms with Crippen molar-refractivity contribution in [2.45, 2.75) is 6.54 Å². The summed E-state index contributed by atoms with van der Waals surface area (Å²) in [5, 5.41) is 16.2. The number of hydrogen-bond donors (Lipinski definition) is 1. The standard InChI is InChI=1S/C15H13N7S/c1-22-20-13(19-21-22)8-16-14-11-7-12(10-5-3-2-4-6-10)23-15(11)18-9-17-14/h2-7,9H,8H2,1H3,(H,16,17,18). The fourth-order valence-electron chi connectivity index (χ4n) is 2.30. The van der Waals surface area contributed by atoms with E-state index in [-0.39, 0.29) is 0 Å². The Morgan fingerprint density at radius 2 is 2.04 bits per heavy atom. The maximum absolute atomic E-state index is 4.37. The summed E-state index contributed by atoms with van der Waals surface area (Å²) in [6.45, 7) is 0.469. The maximum atomic E-state index is 4.37. The van der Waals surface area contributed by atoms with Gasteiger partial charge in [-0.2, -0.15) is 4.80 Å². The minimum absolute atomic E-state index is 0.469. The molecule has 7 nitrogen and oxygen atoms in total. The van der Waals surface area contributed by atoms with Crippen molar-refractivity contribution in [3.63, 3.8) is 0 Å². The zero-order valence-electron chi connectivity index (χ0n) is 12.3. The van der Waals surface area contributed by atoms with E-state index in [0.29, 0.717) is 12.4 Å². The molecule has 0 saturated carbocycles. The van der Waals surface area contributed by atoms with E-state index >= 15 is 0 Å². The van der Waals surface area contributed by atoms with Crippen LogP contribution in [0.5, 0.6) is 0 Å². The number of anilines is 1. The van der Waals surface area contributed by atoms with Gasteiger partial charge < -0.3 is 5.32 Å². The first-order valence-electron chi connectivity index (χ1n) is 7.06. The van der Waals surface area contributed by atoms with E-state index in [1.54, 1.807) is 24.7 Å². The monoisotopic (exact) mass is 323 g/mol. The van der Waals surface area contributed by atoms with E-state index in [2.05, 4.69) is 48.9 Å². The van der Waals surface area contributed by atoms with E-state index < -0.39 is 0 Å². The van der Waals surface area contributed by atoms with Crippen molar-refractivity contribution >= 4 is 27.4 Å². The van der Waals surface area contributed by atoms with Gasteiger partial charge in [0.2, 0.25) is 0 Å². The van der Waals surface area contributed by atoms with Crippen LogP contribution in [0.2, 0.25) is 0 Å². The second kappa shape index (κ2) is 5.73. The highest BCUT2D eigenvalue weighted by molar-refractivity contribution is 7.21. The number of nitrogens with zero attached hydrogens (tertiary/aromatic N) is 6. The lowest BCUT2D eigenvalue weighted by Crippen LogP contribution is -2.04. The van der Waals surface area contributed by atoms with Crippen LogP contribution in [0.1, 0.15) is 5.82 Å². The average molecular weight is 323 g/mol. The molecule has 0 bridgehead atoms. The third-order valence-corrected chi connectivity index (χ3v) is 4.44. The van der Waals surface area contributed by atoms with Crippen LogP contribution in [-0.4, -0.2) is 30.2 Å². The Labute approximate surface area is 136 Å². The van der Waals surface area contributed by atoms with E-state index in [0.717, 1.165) is 16.0 Å². The Hall–Kier alpha value is -2.87. The molecule has 4 aromatic rings. The molecule has 0 aliphatic heterocycles. The third kappa shape index (κ3) is 2.76. The highest BCUT2D eigenvalue weighted by Gasteiger charge is 2.10. The summed E-state index contributed by atoms with van der Waals surface area (Å²) < 4.78 is 0. The molecule has 0 saturated heterocycles. The van der Waals surface area contributed by atoms with Crippen LogP contribution in [-0.2, 0) is 13.6 Å². The number of aromatic nitrogens is 6. The van der Waals surface area contributed by atoms with Gasteiger partial charge in [0.05, 0.1) is 19.0 Å². The molecule has 8 heteroatoms. The van der Waals surface area contributed by atoms with Crippen molar-refractivity contribution in [3.05, 3.63) is 48.5 Å². The van der Waals surface area contributed by atoms with Gasteiger partial charge in [0.25, 0.3) is 0 Å². The molecular formula is C15H13N7S. The molecule has 0 amide bonds. The van der Waals surface area contributed by atoms with Crippen molar-refractivity contribution in [3.8, 4) is 10.4 Å². The molecule has 1 N–H and O–H groups in total. The third-order valence-electron chi connectivity index (χ3n) is 3.35. The normalized spacial score (nSPS) is 11.0. The molecule has 0 aliphatic carbocycles. The summed E-state index contributed by atoms with van der Waals surface area (Å²) in [6, 6.07) is 12.4. The van der Waals surface area contributed by atoms with E-state index in [1.807, 2.05) is 18.2 Å². The van der Waals surface area contributed by atoms with Gasteiger partial charge in [-0.05, 0) is 16.8 Å². The van der Waals surface area contributed by atoms with E-state index in [1.165, 1.54) is 15.2 Å². The Kier molecular flexibility index (Phi) is 3.43. The number of thiophene rings is 1. The molecule has 4 rings (SSSR count). The minimum Gasteiger partial charge on any atom is -0.362 e. The van der Waals surface area contributed by atoms with Crippen molar-refractivity contribution < 1.29 is 0 Å². The smallest absolute Gasteiger partial charge is 0.193 e. The van der Waals surface area contributed by atoms with Gasteiger partial charge in [0.15, 0.2) is 5.82 Å². The molecule has 3 heterocycles. The number of benzene rings is 1. The Morgan fingerprint density at radius 1 is 1.17 bits per heavy atom. The number of hydrogen-bond acceptors (Lipinski definition) is 7. The van der Waals surface area contributed by atoms with E-state index in [4.69, 9.17) is 0 Å². The van der Waals surface area contributed by atoms with Crippen molar-refractivity contribution in [1.29, 1.82) is 0 Å². The van der Waals surface area contributed by atoms with Gasteiger partial charge in [-0.1, -0.05) is 30.3 Å². The lowest BCUT2D eigenvalue weighted by atomic mass is 10.2. The van der Waals surface area contributed by atoms with Gasteiger partial charge in [0.1, 0.15) is 17.0 Å². The number of tetrazole rings is 1. The second-order valence-electron chi connectivity index (χ2n) is 4.97. The Balaban J connectivity index is 1.66. The van der Waals surface area contributed by atoms with Crippen LogP contribution in [0, 0.1) is 0 Å². The molecule has 0 unspecified atom stereocenters. The minimum atomic E-state index is 0.469. The molecular weight excluding hydrogens is 310 g/mol. The predicted octanol–water partition coefficient (Wildman–Crippen LogP) is 2.49. The average Bonchev–Trinajstić information content (AvgIpc) is 3.20. The Morgan fingerprint density at radius 3 is 2.83 bits per heavy atom. The summed E-state index contributed by atoms with van der Waals surface area (Å²) in [4.78, 5) is 12.3. The van der Waals surface area contributed by atoms with Crippen molar-refractivity contribution in [2.24, 2.45) is 7.05 Å². The van der Waals surface area contributed by atoms with Crippen LogP contribution in [0.4, 0.5) is 5.82 Å². The molecule has 0 fully saturated rings. The van der Waals surface area contributed by atoms with Crippen LogP contribution in [0.3, 0.4) is 0 Å². The number of rotatable bonds is 4. The van der Waals surface area contributed by atoms with Crippen LogP contribution < -0.4 is 5.32 Å². The largest absolute Gasteiger partial charge is 0.362 e. The highest BCUT2D eigenvalue weighted by atomic mass is 32.1. The molecule has 0 atom stereocenters. The number of fused-ring (bicyclic) bond motifs is 1.